The summed E-state index contributed by atoms with van der Waals surface area (Å²) in [6, 6.07) is 17.2. The van der Waals surface area contributed by atoms with Gasteiger partial charge in [-0.15, -0.1) is 0 Å². The predicted molar refractivity (Wildman–Crippen MR) is 112 cm³/mol. The number of nitrogens with one attached hydrogen (secondary N) is 2. The number of anilines is 1. The zero-order valence-corrected chi connectivity index (χ0v) is 16.8. The molecule has 2 N–H and O–H groups in total. The summed E-state index contributed by atoms with van der Waals surface area (Å²) >= 11 is 0. The summed E-state index contributed by atoms with van der Waals surface area (Å²) in [6.07, 6.45) is 0. The van der Waals surface area contributed by atoms with Crippen molar-refractivity contribution in [2.75, 3.05) is 38.6 Å². The van der Waals surface area contributed by atoms with Gasteiger partial charge in [-0.05, 0) is 42.3 Å². The zero-order valence-electron chi connectivity index (χ0n) is 16.8. The standard InChI is InChI=1S/C22H29N3O3/c1-4-25(16-22(27)24-19-10-12-20(28-3)13-11-19)15-21(26)23-14-17(2)18-8-6-5-7-9-18/h5-13,17H,4,14-16H2,1-3H3,(H,23,26)(H,24,27)/t17-/m0/s1. The quantitative estimate of drug-likeness (QED) is 0.662. The molecule has 0 heterocycles. The molecular weight excluding hydrogens is 354 g/mol. The third-order valence-electron chi connectivity index (χ3n) is 4.53. The Balaban J connectivity index is 1.77. The lowest BCUT2D eigenvalue weighted by Gasteiger charge is -2.20. The smallest absolute Gasteiger partial charge is 0.238 e. The van der Waals surface area contributed by atoms with E-state index in [9.17, 15) is 9.59 Å². The van der Waals surface area contributed by atoms with Crippen molar-refractivity contribution < 1.29 is 14.3 Å². The van der Waals surface area contributed by atoms with Crippen LogP contribution in [0.5, 0.6) is 5.75 Å². The van der Waals surface area contributed by atoms with E-state index in [1.165, 1.54) is 5.56 Å². The van der Waals surface area contributed by atoms with Crippen LogP contribution in [0.3, 0.4) is 0 Å². The van der Waals surface area contributed by atoms with Gasteiger partial charge in [0, 0.05) is 12.2 Å². The van der Waals surface area contributed by atoms with E-state index in [0.717, 1.165) is 5.75 Å². The Hall–Kier alpha value is -2.86. The Labute approximate surface area is 166 Å². The van der Waals surface area contributed by atoms with Crippen LogP contribution >= 0.6 is 0 Å². The van der Waals surface area contributed by atoms with Gasteiger partial charge >= 0.3 is 0 Å². The fourth-order valence-electron chi connectivity index (χ4n) is 2.78. The second-order valence-electron chi connectivity index (χ2n) is 6.70. The lowest BCUT2D eigenvalue weighted by atomic mass is 10.0. The van der Waals surface area contributed by atoms with Gasteiger partial charge in [0.15, 0.2) is 0 Å². The Morgan fingerprint density at radius 2 is 1.64 bits per heavy atom. The SMILES string of the molecule is CCN(CC(=O)NC[C@H](C)c1ccccc1)CC(=O)Nc1ccc(OC)cc1. The van der Waals surface area contributed by atoms with Gasteiger partial charge < -0.3 is 15.4 Å². The van der Waals surface area contributed by atoms with Gasteiger partial charge in [-0.1, -0.05) is 44.2 Å². The summed E-state index contributed by atoms with van der Waals surface area (Å²) in [5.41, 5.74) is 1.89. The van der Waals surface area contributed by atoms with Crippen LogP contribution in [-0.4, -0.2) is 50.0 Å². The molecule has 150 valence electrons. The number of nitrogens with zero attached hydrogens (tertiary/aromatic N) is 1. The van der Waals surface area contributed by atoms with Crippen LogP contribution in [0, 0.1) is 0 Å². The predicted octanol–water partition coefficient (Wildman–Crippen LogP) is 2.88. The lowest BCUT2D eigenvalue weighted by molar-refractivity contribution is -0.123. The molecule has 0 aliphatic heterocycles. The van der Waals surface area contributed by atoms with Crippen molar-refractivity contribution in [1.82, 2.24) is 10.2 Å². The molecule has 0 aliphatic carbocycles. The monoisotopic (exact) mass is 383 g/mol. The Kier molecular flexibility index (Phi) is 8.49. The number of hydrogen-bond donors (Lipinski definition) is 2. The van der Waals surface area contributed by atoms with Crippen molar-refractivity contribution in [3.63, 3.8) is 0 Å². The van der Waals surface area contributed by atoms with Crippen LogP contribution < -0.4 is 15.4 Å². The van der Waals surface area contributed by atoms with E-state index in [2.05, 4.69) is 29.7 Å². The van der Waals surface area contributed by atoms with Crippen molar-refractivity contribution in [2.45, 2.75) is 19.8 Å². The Morgan fingerprint density at radius 3 is 2.25 bits per heavy atom. The minimum absolute atomic E-state index is 0.0816. The Bertz CT molecular complexity index is 747. The summed E-state index contributed by atoms with van der Waals surface area (Å²) < 4.78 is 5.10. The van der Waals surface area contributed by atoms with Gasteiger partial charge in [-0.3, -0.25) is 14.5 Å². The number of hydrogen-bond acceptors (Lipinski definition) is 4. The van der Waals surface area contributed by atoms with E-state index in [1.807, 2.05) is 25.1 Å². The summed E-state index contributed by atoms with van der Waals surface area (Å²) in [4.78, 5) is 26.3. The Morgan fingerprint density at radius 1 is 1.00 bits per heavy atom. The highest BCUT2D eigenvalue weighted by Crippen LogP contribution is 2.15. The highest BCUT2D eigenvalue weighted by molar-refractivity contribution is 5.92. The van der Waals surface area contributed by atoms with E-state index in [-0.39, 0.29) is 30.8 Å². The van der Waals surface area contributed by atoms with Crippen molar-refractivity contribution >= 4 is 17.5 Å². The minimum atomic E-state index is -0.155. The number of methoxy groups -OCH3 is 1. The van der Waals surface area contributed by atoms with Crippen LogP contribution in [0.4, 0.5) is 5.69 Å². The molecule has 0 aliphatic rings. The summed E-state index contributed by atoms with van der Waals surface area (Å²) in [5.74, 6) is 0.729. The van der Waals surface area contributed by atoms with Crippen LogP contribution in [0.25, 0.3) is 0 Å². The van der Waals surface area contributed by atoms with Crippen molar-refractivity contribution in [2.24, 2.45) is 0 Å². The van der Waals surface area contributed by atoms with Gasteiger partial charge in [0.25, 0.3) is 0 Å². The first-order valence-electron chi connectivity index (χ1n) is 9.49. The molecule has 6 nitrogen and oxygen atoms in total. The molecular formula is C22H29N3O3. The molecule has 1 atom stereocenters. The van der Waals surface area contributed by atoms with Gasteiger partial charge in [0.1, 0.15) is 5.75 Å². The van der Waals surface area contributed by atoms with Crippen LogP contribution in [-0.2, 0) is 9.59 Å². The molecule has 0 fully saturated rings. The summed E-state index contributed by atoms with van der Waals surface area (Å²) in [5, 5.41) is 5.79. The van der Waals surface area contributed by atoms with Crippen LogP contribution in [0.2, 0.25) is 0 Å². The topological polar surface area (TPSA) is 70.7 Å². The average molecular weight is 383 g/mol. The van der Waals surface area contributed by atoms with Crippen molar-refractivity contribution in [3.05, 3.63) is 60.2 Å². The maximum absolute atomic E-state index is 12.3. The first-order valence-corrected chi connectivity index (χ1v) is 9.49. The molecule has 0 aromatic heterocycles. The summed E-state index contributed by atoms with van der Waals surface area (Å²) in [7, 11) is 1.60. The number of benzene rings is 2. The maximum atomic E-state index is 12.3. The van der Waals surface area contributed by atoms with Crippen molar-refractivity contribution in [3.8, 4) is 5.75 Å². The molecule has 2 aromatic rings. The van der Waals surface area contributed by atoms with Gasteiger partial charge in [-0.25, -0.2) is 0 Å². The normalized spacial score (nSPS) is 11.7. The van der Waals surface area contributed by atoms with Crippen LogP contribution in [0.1, 0.15) is 25.3 Å². The minimum Gasteiger partial charge on any atom is -0.497 e. The number of carbonyl (C=O) groups excluding carboxylic acids is 2. The third kappa shape index (κ3) is 7.04. The molecule has 0 saturated carbocycles. The van der Waals surface area contributed by atoms with Gasteiger partial charge in [0.05, 0.1) is 20.2 Å². The molecule has 28 heavy (non-hydrogen) atoms. The molecule has 2 amide bonds. The molecule has 0 radical (unpaired) electrons. The second kappa shape index (κ2) is 11.1. The molecule has 2 aromatic carbocycles. The summed E-state index contributed by atoms with van der Waals surface area (Å²) in [6.45, 7) is 5.53. The van der Waals surface area contributed by atoms with E-state index in [4.69, 9.17) is 4.74 Å². The number of carbonyl (C=O) groups is 2. The average Bonchev–Trinajstić information content (AvgIpc) is 2.72. The van der Waals surface area contributed by atoms with E-state index < -0.39 is 0 Å². The number of rotatable bonds is 10. The number of ether oxygens (including phenoxy) is 1. The third-order valence-corrected chi connectivity index (χ3v) is 4.53. The fraction of sp³-hybridized carbons (Fsp3) is 0.364. The highest BCUT2D eigenvalue weighted by atomic mass is 16.5. The van der Waals surface area contributed by atoms with Crippen molar-refractivity contribution in [1.29, 1.82) is 0 Å². The highest BCUT2D eigenvalue weighted by Gasteiger charge is 2.14. The lowest BCUT2D eigenvalue weighted by Crippen LogP contribution is -2.41. The maximum Gasteiger partial charge on any atom is 0.238 e. The molecule has 0 bridgehead atoms. The molecule has 0 saturated heterocycles. The first-order chi connectivity index (χ1) is 13.5. The van der Waals surface area contributed by atoms with E-state index in [1.54, 1.807) is 36.3 Å². The number of amides is 2. The largest absolute Gasteiger partial charge is 0.497 e. The molecule has 0 unspecified atom stereocenters. The van der Waals surface area contributed by atoms with Gasteiger partial charge in [0.2, 0.25) is 11.8 Å². The van der Waals surface area contributed by atoms with Gasteiger partial charge in [-0.2, -0.15) is 0 Å². The zero-order chi connectivity index (χ0) is 20.4. The molecule has 6 heteroatoms. The van der Waals surface area contributed by atoms with Crippen LogP contribution in [0.15, 0.2) is 54.6 Å². The molecule has 2 rings (SSSR count). The van der Waals surface area contributed by atoms with E-state index in [0.29, 0.717) is 18.8 Å². The second-order valence-corrected chi connectivity index (χ2v) is 6.70. The first kappa shape index (κ1) is 21.4. The molecule has 0 spiro atoms. The fourth-order valence-corrected chi connectivity index (χ4v) is 2.78. The number of likely N-dealkylation sites (N-methyl/N-ethyl adjacent to an activating group) is 1. The van der Waals surface area contributed by atoms with E-state index >= 15 is 0 Å².